The zero-order valence-corrected chi connectivity index (χ0v) is 17.6. The van der Waals surface area contributed by atoms with Gasteiger partial charge in [0.2, 0.25) is 0 Å². The van der Waals surface area contributed by atoms with Gasteiger partial charge in [-0.1, -0.05) is 60.7 Å². The molecule has 0 amide bonds. The predicted octanol–water partition coefficient (Wildman–Crippen LogP) is 6.42. The van der Waals surface area contributed by atoms with Gasteiger partial charge in [-0.25, -0.2) is 0 Å². The molecule has 32 heavy (non-hydrogen) atoms. The number of hydrogen-bond donors (Lipinski definition) is 2. The van der Waals surface area contributed by atoms with E-state index in [0.717, 1.165) is 34.8 Å². The molecule has 0 aromatic heterocycles. The van der Waals surface area contributed by atoms with Crippen LogP contribution < -0.4 is 11.5 Å². The summed E-state index contributed by atoms with van der Waals surface area (Å²) in [6.45, 7) is 2.11. The summed E-state index contributed by atoms with van der Waals surface area (Å²) in [6, 6.07) is 18.1. The highest BCUT2D eigenvalue weighted by Gasteiger charge is 2.50. The number of nitrogens with two attached hydrogens (primary N) is 2. The Morgan fingerprint density at radius 3 is 2.38 bits per heavy atom. The van der Waals surface area contributed by atoms with Crippen LogP contribution in [0.4, 0.5) is 18.9 Å². The fourth-order valence-electron chi connectivity index (χ4n) is 4.78. The number of aryl methyl sites for hydroxylation is 1. The van der Waals surface area contributed by atoms with Gasteiger partial charge >= 0.3 is 6.18 Å². The van der Waals surface area contributed by atoms with Gasteiger partial charge in [-0.2, -0.15) is 13.2 Å². The van der Waals surface area contributed by atoms with E-state index in [9.17, 15) is 13.2 Å². The van der Waals surface area contributed by atoms with Gasteiger partial charge in [0.1, 0.15) is 5.54 Å². The van der Waals surface area contributed by atoms with Gasteiger partial charge in [0.05, 0.1) is 0 Å². The van der Waals surface area contributed by atoms with Crippen LogP contribution in [0.2, 0.25) is 0 Å². The van der Waals surface area contributed by atoms with Crippen LogP contribution in [-0.4, -0.2) is 11.7 Å². The number of rotatable bonds is 2. The third kappa shape index (κ3) is 3.16. The van der Waals surface area contributed by atoms with Crippen LogP contribution in [0.5, 0.6) is 0 Å². The monoisotopic (exact) mass is 432 g/mol. The Balaban J connectivity index is 1.64. The highest BCUT2D eigenvalue weighted by molar-refractivity contribution is 5.93. The molecule has 0 spiro atoms. The molecular formula is C27H23F3N2. The van der Waals surface area contributed by atoms with Crippen molar-refractivity contribution in [1.29, 1.82) is 0 Å². The molecule has 5 heteroatoms. The van der Waals surface area contributed by atoms with Gasteiger partial charge in [-0.15, -0.1) is 0 Å². The second-order valence-electron chi connectivity index (χ2n) is 8.66. The molecule has 0 aliphatic heterocycles. The highest BCUT2D eigenvalue weighted by atomic mass is 19.4. The van der Waals surface area contributed by atoms with Crippen molar-refractivity contribution in [3.05, 3.63) is 95.1 Å². The van der Waals surface area contributed by atoms with E-state index in [2.05, 4.69) is 31.2 Å². The predicted molar refractivity (Wildman–Crippen MR) is 124 cm³/mol. The Hall–Kier alpha value is -3.31. The summed E-state index contributed by atoms with van der Waals surface area (Å²) in [7, 11) is 0. The summed E-state index contributed by atoms with van der Waals surface area (Å²) in [4.78, 5) is 0. The third-order valence-electron chi connectivity index (χ3n) is 6.57. The van der Waals surface area contributed by atoms with E-state index in [-0.39, 0.29) is 6.42 Å². The first-order valence-corrected chi connectivity index (χ1v) is 10.5. The van der Waals surface area contributed by atoms with Gasteiger partial charge in [0.25, 0.3) is 0 Å². The number of hydrogen-bond acceptors (Lipinski definition) is 2. The molecule has 162 valence electrons. The van der Waals surface area contributed by atoms with E-state index in [1.54, 1.807) is 12.1 Å². The summed E-state index contributed by atoms with van der Waals surface area (Å²) in [6.07, 6.45) is 0.132. The standard InChI is InChI=1S/C27H23F3N2/c1-16-6-8-22(24-14-18-4-2-3-5-21(18)25(16)24)23-15-19(31)7-9-20(23)17-10-12-26(32,13-11-17)27(28,29)30/h2-12,15H,13-14,31-32H2,1H3. The van der Waals surface area contributed by atoms with Gasteiger partial charge < -0.3 is 11.5 Å². The number of allylic oxidation sites excluding steroid dienone is 2. The van der Waals surface area contributed by atoms with Crippen LogP contribution in [0, 0.1) is 6.92 Å². The molecule has 3 aromatic rings. The minimum absolute atomic E-state index is 0.302. The molecule has 0 radical (unpaired) electrons. The molecule has 2 nitrogen and oxygen atoms in total. The number of benzene rings is 3. The van der Waals surface area contributed by atoms with E-state index in [4.69, 9.17) is 11.5 Å². The van der Waals surface area contributed by atoms with E-state index in [1.807, 2.05) is 24.3 Å². The lowest BCUT2D eigenvalue weighted by Gasteiger charge is -2.30. The summed E-state index contributed by atoms with van der Waals surface area (Å²) in [5.41, 5.74) is 19.7. The van der Waals surface area contributed by atoms with Crippen molar-refractivity contribution in [2.75, 3.05) is 5.73 Å². The average Bonchev–Trinajstić information content (AvgIpc) is 3.14. The molecule has 1 unspecified atom stereocenters. The molecular weight excluding hydrogens is 409 g/mol. The minimum atomic E-state index is -4.50. The number of halogens is 3. The molecule has 0 bridgehead atoms. The quantitative estimate of drug-likeness (QED) is 0.359. The molecule has 0 saturated carbocycles. The third-order valence-corrected chi connectivity index (χ3v) is 6.57. The van der Waals surface area contributed by atoms with Crippen LogP contribution in [-0.2, 0) is 6.42 Å². The van der Waals surface area contributed by atoms with Crippen LogP contribution >= 0.6 is 0 Å². The molecule has 0 saturated heterocycles. The molecule has 3 aromatic carbocycles. The lowest BCUT2D eigenvalue weighted by Crippen LogP contribution is -2.52. The van der Waals surface area contributed by atoms with E-state index in [1.165, 1.54) is 33.9 Å². The van der Waals surface area contributed by atoms with E-state index in [0.29, 0.717) is 5.69 Å². The minimum Gasteiger partial charge on any atom is -0.399 e. The van der Waals surface area contributed by atoms with Crippen LogP contribution in [0.25, 0.3) is 27.8 Å². The van der Waals surface area contributed by atoms with Crippen LogP contribution in [0.3, 0.4) is 0 Å². The van der Waals surface area contributed by atoms with Crippen LogP contribution in [0.1, 0.15) is 28.7 Å². The Labute approximate surface area is 185 Å². The summed E-state index contributed by atoms with van der Waals surface area (Å²) in [5.74, 6) is 0. The summed E-state index contributed by atoms with van der Waals surface area (Å²) in [5, 5.41) is 0. The Kier molecular flexibility index (Phi) is 4.57. The Morgan fingerprint density at radius 1 is 0.906 bits per heavy atom. The first kappa shape index (κ1) is 20.6. The molecule has 0 fully saturated rings. The zero-order valence-electron chi connectivity index (χ0n) is 17.6. The number of nitrogen functional groups attached to an aromatic ring is 1. The second kappa shape index (κ2) is 7.10. The average molecular weight is 432 g/mol. The Bertz CT molecular complexity index is 1300. The summed E-state index contributed by atoms with van der Waals surface area (Å²) < 4.78 is 40.0. The number of alkyl halides is 3. The van der Waals surface area contributed by atoms with Crippen molar-refractivity contribution >= 4 is 11.3 Å². The lowest BCUT2D eigenvalue weighted by atomic mass is 9.83. The number of fused-ring (bicyclic) bond motifs is 3. The second-order valence-corrected chi connectivity index (χ2v) is 8.66. The highest BCUT2D eigenvalue weighted by Crippen LogP contribution is 2.46. The first-order valence-electron chi connectivity index (χ1n) is 10.5. The van der Waals surface area contributed by atoms with Crippen LogP contribution in [0.15, 0.2) is 72.8 Å². The molecule has 1 atom stereocenters. The molecule has 0 heterocycles. The van der Waals surface area contributed by atoms with Gasteiger partial charge in [-0.05, 0) is 82.0 Å². The lowest BCUT2D eigenvalue weighted by molar-refractivity contribution is -0.170. The van der Waals surface area contributed by atoms with Gasteiger partial charge in [-0.3, -0.25) is 0 Å². The zero-order chi connectivity index (χ0) is 22.7. The summed E-state index contributed by atoms with van der Waals surface area (Å²) >= 11 is 0. The van der Waals surface area contributed by atoms with Crippen molar-refractivity contribution in [3.63, 3.8) is 0 Å². The SMILES string of the molecule is Cc1ccc(-c2cc(N)ccc2C2=CCC(N)(C(F)(F)F)C=C2)c2c1-c1ccccc1C2. The van der Waals surface area contributed by atoms with Gasteiger partial charge in [0, 0.05) is 5.69 Å². The Morgan fingerprint density at radius 2 is 1.66 bits per heavy atom. The molecule has 5 rings (SSSR count). The molecule has 2 aliphatic carbocycles. The molecule has 4 N–H and O–H groups in total. The maximum absolute atomic E-state index is 13.3. The molecule has 2 aliphatic rings. The van der Waals surface area contributed by atoms with Crippen molar-refractivity contribution < 1.29 is 13.2 Å². The maximum Gasteiger partial charge on any atom is 0.410 e. The first-order chi connectivity index (χ1) is 15.2. The number of anilines is 1. The smallest absolute Gasteiger partial charge is 0.399 e. The van der Waals surface area contributed by atoms with Crippen molar-refractivity contribution in [1.82, 2.24) is 0 Å². The maximum atomic E-state index is 13.3. The fourth-order valence-corrected chi connectivity index (χ4v) is 4.78. The fraction of sp³-hybridized carbons (Fsp3) is 0.185. The van der Waals surface area contributed by atoms with Crippen molar-refractivity contribution in [3.8, 4) is 22.3 Å². The normalized spacial score (nSPS) is 19.5. The van der Waals surface area contributed by atoms with Crippen molar-refractivity contribution in [2.45, 2.75) is 31.5 Å². The topological polar surface area (TPSA) is 52.0 Å². The van der Waals surface area contributed by atoms with E-state index < -0.39 is 11.7 Å². The van der Waals surface area contributed by atoms with E-state index >= 15 is 0 Å². The van der Waals surface area contributed by atoms with Crippen molar-refractivity contribution in [2.24, 2.45) is 5.73 Å². The van der Waals surface area contributed by atoms with Gasteiger partial charge in [0.15, 0.2) is 0 Å². The largest absolute Gasteiger partial charge is 0.410 e.